The molecule has 0 bridgehead atoms. The van der Waals surface area contributed by atoms with E-state index in [1.165, 1.54) is 27.8 Å². The van der Waals surface area contributed by atoms with E-state index in [9.17, 15) is 0 Å². The van der Waals surface area contributed by atoms with Crippen LogP contribution in [0.5, 0.6) is 0 Å². The molecule has 1 aliphatic carbocycles. The Morgan fingerprint density at radius 1 is 0.420 bits per heavy atom. The van der Waals surface area contributed by atoms with Gasteiger partial charge >= 0.3 is 0 Å². The first-order chi connectivity index (χ1) is 24.5. The lowest BCUT2D eigenvalue weighted by molar-refractivity contribution is 0.660. The molecule has 2 heterocycles. The van der Waals surface area contributed by atoms with E-state index in [4.69, 9.17) is 19.4 Å². The van der Waals surface area contributed by atoms with Gasteiger partial charge in [0.15, 0.2) is 17.5 Å². The summed E-state index contributed by atoms with van der Waals surface area (Å²) < 4.78 is 6.56. The van der Waals surface area contributed by atoms with Crippen molar-refractivity contribution in [3.63, 3.8) is 0 Å². The highest BCUT2D eigenvalue weighted by Gasteiger charge is 2.35. The predicted molar refractivity (Wildman–Crippen MR) is 204 cm³/mol. The Balaban J connectivity index is 1.10. The lowest BCUT2D eigenvalue weighted by Gasteiger charge is -2.21. The Labute approximate surface area is 289 Å². The highest BCUT2D eigenvalue weighted by molar-refractivity contribution is 6.15. The molecule has 10 rings (SSSR count). The Morgan fingerprint density at radius 3 is 1.78 bits per heavy atom. The third-order valence-corrected chi connectivity index (χ3v) is 10.3. The molecule has 0 saturated carbocycles. The van der Waals surface area contributed by atoms with Crippen LogP contribution < -0.4 is 0 Å². The summed E-state index contributed by atoms with van der Waals surface area (Å²) in [7, 11) is 0. The molecule has 0 aliphatic heterocycles. The number of fused-ring (bicyclic) bond motifs is 8. The van der Waals surface area contributed by atoms with Crippen LogP contribution in [-0.4, -0.2) is 15.0 Å². The number of rotatable bonds is 4. The smallest absolute Gasteiger partial charge is 0.164 e. The molecule has 0 radical (unpaired) electrons. The summed E-state index contributed by atoms with van der Waals surface area (Å²) in [5.41, 5.74) is 12.0. The van der Waals surface area contributed by atoms with Gasteiger partial charge in [0, 0.05) is 38.3 Å². The topological polar surface area (TPSA) is 51.8 Å². The van der Waals surface area contributed by atoms with Gasteiger partial charge in [0.25, 0.3) is 0 Å². The van der Waals surface area contributed by atoms with Gasteiger partial charge in [-0.15, -0.1) is 0 Å². The molecule has 0 fully saturated rings. The van der Waals surface area contributed by atoms with Gasteiger partial charge in [-0.05, 0) is 75.2 Å². The largest absolute Gasteiger partial charge is 0.455 e. The van der Waals surface area contributed by atoms with Crippen molar-refractivity contribution in [2.45, 2.75) is 19.3 Å². The lowest BCUT2D eigenvalue weighted by atomic mass is 9.82. The highest BCUT2D eigenvalue weighted by atomic mass is 16.3. The van der Waals surface area contributed by atoms with E-state index in [1.54, 1.807) is 0 Å². The molecular formula is C46H31N3O. The van der Waals surface area contributed by atoms with Crippen molar-refractivity contribution in [2.24, 2.45) is 0 Å². The zero-order valence-corrected chi connectivity index (χ0v) is 27.7. The van der Waals surface area contributed by atoms with Crippen LogP contribution in [-0.2, 0) is 5.41 Å². The molecule has 9 aromatic rings. The molecule has 7 aromatic carbocycles. The fraction of sp³-hybridized carbons (Fsp3) is 0.0652. The molecule has 0 N–H and O–H groups in total. The molecule has 4 heteroatoms. The van der Waals surface area contributed by atoms with Crippen molar-refractivity contribution in [2.75, 3.05) is 0 Å². The Bertz CT molecular complexity index is 2780. The van der Waals surface area contributed by atoms with Crippen molar-refractivity contribution < 1.29 is 4.42 Å². The van der Waals surface area contributed by atoms with E-state index in [2.05, 4.69) is 129 Å². The molecule has 4 nitrogen and oxygen atoms in total. The predicted octanol–water partition coefficient (Wildman–Crippen LogP) is 11.9. The van der Waals surface area contributed by atoms with Crippen molar-refractivity contribution >= 4 is 32.7 Å². The van der Waals surface area contributed by atoms with Crippen LogP contribution in [0.3, 0.4) is 0 Å². The highest BCUT2D eigenvalue weighted by Crippen LogP contribution is 2.49. The van der Waals surface area contributed by atoms with Crippen LogP contribution in [0, 0.1) is 0 Å². The van der Waals surface area contributed by atoms with E-state index >= 15 is 0 Å². The standard InChI is InChI=1S/C46H31N3O/c1-46(2)39-16-10-9-15-35(39)36-22-20-33(26-40(36)46)45-48-43(29-13-7-4-8-14-29)47-44(49-45)32-19-21-34-31(25-32)18-24-38-37-23-17-30(27-41(37)50-42(34)38)28-11-5-3-6-12-28/h3-27H,1-2H3. The number of hydrogen-bond acceptors (Lipinski definition) is 4. The number of benzene rings is 7. The van der Waals surface area contributed by atoms with E-state index in [0.717, 1.165) is 55.0 Å². The van der Waals surface area contributed by atoms with Crippen molar-refractivity contribution in [1.82, 2.24) is 15.0 Å². The Kier molecular flexibility index (Phi) is 6.19. The van der Waals surface area contributed by atoms with Crippen LogP contribution in [0.25, 0.3) is 89.1 Å². The monoisotopic (exact) mass is 641 g/mol. The van der Waals surface area contributed by atoms with Crippen molar-refractivity contribution in [3.05, 3.63) is 163 Å². The average molecular weight is 642 g/mol. The van der Waals surface area contributed by atoms with Crippen molar-refractivity contribution in [3.8, 4) is 56.4 Å². The zero-order valence-electron chi connectivity index (χ0n) is 27.7. The normalized spacial score (nSPS) is 13.2. The molecule has 50 heavy (non-hydrogen) atoms. The minimum atomic E-state index is -0.122. The van der Waals surface area contributed by atoms with E-state index in [-0.39, 0.29) is 5.41 Å². The second-order valence-electron chi connectivity index (χ2n) is 13.7. The van der Waals surface area contributed by atoms with Gasteiger partial charge in [-0.3, -0.25) is 0 Å². The molecule has 0 atom stereocenters. The van der Waals surface area contributed by atoms with Gasteiger partial charge in [-0.1, -0.05) is 129 Å². The molecular weight excluding hydrogens is 611 g/mol. The van der Waals surface area contributed by atoms with Crippen LogP contribution >= 0.6 is 0 Å². The number of furan rings is 1. The molecule has 236 valence electrons. The van der Waals surface area contributed by atoms with Crippen LogP contribution in [0.2, 0.25) is 0 Å². The van der Waals surface area contributed by atoms with E-state index in [1.807, 2.05) is 36.4 Å². The number of aromatic nitrogens is 3. The first-order valence-corrected chi connectivity index (χ1v) is 17.0. The minimum absolute atomic E-state index is 0.122. The lowest BCUT2D eigenvalue weighted by Crippen LogP contribution is -2.15. The van der Waals surface area contributed by atoms with Gasteiger partial charge in [0.1, 0.15) is 11.2 Å². The summed E-state index contributed by atoms with van der Waals surface area (Å²) in [4.78, 5) is 15.2. The number of nitrogens with zero attached hydrogens (tertiary/aromatic N) is 3. The summed E-state index contributed by atoms with van der Waals surface area (Å²) in [6, 6.07) is 53.1. The summed E-state index contributed by atoms with van der Waals surface area (Å²) in [6.07, 6.45) is 0. The van der Waals surface area contributed by atoms with Crippen LogP contribution in [0.1, 0.15) is 25.0 Å². The maximum absolute atomic E-state index is 6.56. The maximum atomic E-state index is 6.56. The third-order valence-electron chi connectivity index (χ3n) is 10.3. The molecule has 1 aliphatic rings. The van der Waals surface area contributed by atoms with Gasteiger partial charge in [-0.25, -0.2) is 15.0 Å². The molecule has 0 saturated heterocycles. The van der Waals surface area contributed by atoms with Gasteiger partial charge in [-0.2, -0.15) is 0 Å². The molecule has 0 spiro atoms. The van der Waals surface area contributed by atoms with E-state index in [0.29, 0.717) is 17.5 Å². The Morgan fingerprint density at radius 2 is 1.00 bits per heavy atom. The average Bonchev–Trinajstić information content (AvgIpc) is 3.66. The summed E-state index contributed by atoms with van der Waals surface area (Å²) in [5.74, 6) is 1.94. The summed E-state index contributed by atoms with van der Waals surface area (Å²) in [5, 5.41) is 4.34. The fourth-order valence-corrected chi connectivity index (χ4v) is 7.71. The molecule has 0 amide bonds. The first kappa shape index (κ1) is 28.6. The molecule has 2 aromatic heterocycles. The molecule has 0 unspecified atom stereocenters. The zero-order chi connectivity index (χ0) is 33.4. The van der Waals surface area contributed by atoms with Crippen LogP contribution in [0.4, 0.5) is 0 Å². The van der Waals surface area contributed by atoms with Crippen molar-refractivity contribution in [1.29, 1.82) is 0 Å². The van der Waals surface area contributed by atoms with E-state index < -0.39 is 0 Å². The van der Waals surface area contributed by atoms with Gasteiger partial charge < -0.3 is 4.42 Å². The van der Waals surface area contributed by atoms with Crippen LogP contribution in [0.15, 0.2) is 156 Å². The quantitative estimate of drug-likeness (QED) is 0.192. The minimum Gasteiger partial charge on any atom is -0.455 e. The second kappa shape index (κ2) is 10.8. The van der Waals surface area contributed by atoms with Gasteiger partial charge in [0.2, 0.25) is 0 Å². The fourth-order valence-electron chi connectivity index (χ4n) is 7.71. The first-order valence-electron chi connectivity index (χ1n) is 17.0. The SMILES string of the molecule is CC1(C)c2ccccc2-c2ccc(-c3nc(-c4ccccc4)nc(-c4ccc5c(ccc6c7ccc(-c8ccccc8)cc7oc56)c4)n3)cc21. The number of hydrogen-bond donors (Lipinski definition) is 0. The third kappa shape index (κ3) is 4.42. The van der Waals surface area contributed by atoms with Gasteiger partial charge in [0.05, 0.1) is 0 Å². The second-order valence-corrected chi connectivity index (χ2v) is 13.7. The summed E-state index contributed by atoms with van der Waals surface area (Å²) >= 11 is 0. The maximum Gasteiger partial charge on any atom is 0.164 e. The Hall–Kier alpha value is -6.39. The summed E-state index contributed by atoms with van der Waals surface area (Å²) in [6.45, 7) is 4.60.